The molecule has 2 N–H and O–H groups in total. The first-order valence-corrected chi connectivity index (χ1v) is 6.88. The summed E-state index contributed by atoms with van der Waals surface area (Å²) in [6.45, 7) is 3.45. The lowest BCUT2D eigenvalue weighted by Gasteiger charge is -2.35. The molecule has 1 aromatic rings. The molecule has 0 aromatic heterocycles. The van der Waals surface area contributed by atoms with Crippen LogP contribution in [0.15, 0.2) is 16.6 Å². The van der Waals surface area contributed by atoms with Crippen LogP contribution in [0, 0.1) is 11.6 Å². The SMILES string of the molecule is CC1(NC(=O)c2c(F)cc(Br)cc2F)CCNCC1. The molecule has 0 radical (unpaired) electrons. The van der Waals surface area contributed by atoms with Crippen LogP contribution in [0.1, 0.15) is 30.1 Å². The van der Waals surface area contributed by atoms with Gasteiger partial charge in [0, 0.05) is 10.0 Å². The normalized spacial score (nSPS) is 18.1. The number of benzene rings is 1. The molecule has 1 aliphatic rings. The number of carbonyl (C=O) groups excluding carboxylic acids is 1. The summed E-state index contributed by atoms with van der Waals surface area (Å²) in [7, 11) is 0. The maximum atomic E-state index is 13.7. The first-order valence-electron chi connectivity index (χ1n) is 6.09. The molecule has 0 saturated carbocycles. The molecule has 1 saturated heterocycles. The Morgan fingerprint density at radius 1 is 1.32 bits per heavy atom. The third-order valence-corrected chi connectivity index (χ3v) is 3.81. The van der Waals surface area contributed by atoms with E-state index < -0.39 is 28.6 Å². The first kappa shape index (κ1) is 14.4. The van der Waals surface area contributed by atoms with Crippen LogP contribution in [-0.4, -0.2) is 24.5 Å². The zero-order valence-electron chi connectivity index (χ0n) is 10.5. The van der Waals surface area contributed by atoms with Gasteiger partial charge in [0.1, 0.15) is 17.2 Å². The van der Waals surface area contributed by atoms with Crippen molar-refractivity contribution in [2.45, 2.75) is 25.3 Å². The van der Waals surface area contributed by atoms with Crippen LogP contribution in [0.2, 0.25) is 0 Å². The lowest BCUT2D eigenvalue weighted by molar-refractivity contribution is 0.0879. The Hall–Kier alpha value is -1.01. The molecule has 19 heavy (non-hydrogen) atoms. The molecule has 3 nitrogen and oxygen atoms in total. The van der Waals surface area contributed by atoms with Crippen molar-refractivity contribution < 1.29 is 13.6 Å². The van der Waals surface area contributed by atoms with Crippen LogP contribution >= 0.6 is 15.9 Å². The van der Waals surface area contributed by atoms with Crippen molar-refractivity contribution >= 4 is 21.8 Å². The van der Waals surface area contributed by atoms with Crippen LogP contribution in [0.5, 0.6) is 0 Å². The van der Waals surface area contributed by atoms with E-state index in [1.54, 1.807) is 0 Å². The summed E-state index contributed by atoms with van der Waals surface area (Å²) in [4.78, 5) is 12.0. The van der Waals surface area contributed by atoms with Gasteiger partial charge in [-0.15, -0.1) is 0 Å². The van der Waals surface area contributed by atoms with Gasteiger partial charge in [-0.25, -0.2) is 8.78 Å². The fourth-order valence-corrected chi connectivity index (χ4v) is 2.60. The van der Waals surface area contributed by atoms with Crippen molar-refractivity contribution in [3.05, 3.63) is 33.8 Å². The van der Waals surface area contributed by atoms with E-state index in [0.717, 1.165) is 38.1 Å². The maximum absolute atomic E-state index is 13.7. The summed E-state index contributed by atoms with van der Waals surface area (Å²) in [5.74, 6) is -2.42. The monoisotopic (exact) mass is 332 g/mol. The van der Waals surface area contributed by atoms with Crippen molar-refractivity contribution in [2.24, 2.45) is 0 Å². The minimum absolute atomic E-state index is 0.270. The predicted octanol–water partition coefficient (Wildman–Crippen LogP) is 2.60. The van der Waals surface area contributed by atoms with Gasteiger partial charge >= 0.3 is 0 Å². The van der Waals surface area contributed by atoms with Gasteiger partial charge in [-0.05, 0) is 45.0 Å². The van der Waals surface area contributed by atoms with Crippen LogP contribution in [0.3, 0.4) is 0 Å². The Labute approximate surface area is 118 Å². The lowest BCUT2D eigenvalue weighted by Crippen LogP contribution is -2.52. The van der Waals surface area contributed by atoms with Crippen molar-refractivity contribution in [2.75, 3.05) is 13.1 Å². The molecule has 1 aromatic carbocycles. The Balaban J connectivity index is 2.20. The van der Waals surface area contributed by atoms with E-state index in [0.29, 0.717) is 0 Å². The lowest BCUT2D eigenvalue weighted by atomic mass is 9.90. The van der Waals surface area contributed by atoms with Crippen molar-refractivity contribution in [3.63, 3.8) is 0 Å². The van der Waals surface area contributed by atoms with Gasteiger partial charge in [0.2, 0.25) is 0 Å². The molecule has 0 bridgehead atoms. The highest BCUT2D eigenvalue weighted by Gasteiger charge is 2.30. The molecule has 1 amide bonds. The van der Waals surface area contributed by atoms with E-state index in [-0.39, 0.29) is 4.47 Å². The molecule has 0 aliphatic carbocycles. The van der Waals surface area contributed by atoms with Gasteiger partial charge < -0.3 is 10.6 Å². The van der Waals surface area contributed by atoms with Crippen LogP contribution < -0.4 is 10.6 Å². The van der Waals surface area contributed by atoms with Gasteiger partial charge in [-0.1, -0.05) is 15.9 Å². The van der Waals surface area contributed by atoms with Gasteiger partial charge in [-0.2, -0.15) is 0 Å². The Morgan fingerprint density at radius 3 is 2.37 bits per heavy atom. The van der Waals surface area contributed by atoms with Crippen molar-refractivity contribution in [3.8, 4) is 0 Å². The molecule has 0 spiro atoms. The second-order valence-corrected chi connectivity index (χ2v) is 5.92. The second-order valence-electron chi connectivity index (χ2n) is 5.01. The van der Waals surface area contributed by atoms with Crippen LogP contribution in [0.25, 0.3) is 0 Å². The van der Waals surface area contributed by atoms with Gasteiger partial charge in [-0.3, -0.25) is 4.79 Å². The summed E-state index contributed by atoms with van der Waals surface area (Å²) in [6.07, 6.45) is 1.47. The van der Waals surface area contributed by atoms with Gasteiger partial charge in [0.15, 0.2) is 0 Å². The summed E-state index contributed by atoms with van der Waals surface area (Å²) in [5, 5.41) is 5.92. The number of amides is 1. The summed E-state index contributed by atoms with van der Waals surface area (Å²) in [5.41, 5.74) is -0.947. The Kier molecular flexibility index (Phi) is 4.20. The molecule has 1 aliphatic heterocycles. The molecule has 2 rings (SSSR count). The van der Waals surface area contributed by atoms with E-state index >= 15 is 0 Å². The molecule has 1 fully saturated rings. The minimum Gasteiger partial charge on any atom is -0.347 e. The molecule has 0 atom stereocenters. The number of halogens is 3. The van der Waals surface area contributed by atoms with Crippen molar-refractivity contribution in [1.82, 2.24) is 10.6 Å². The predicted molar refractivity (Wildman–Crippen MR) is 72.0 cm³/mol. The first-order chi connectivity index (χ1) is 8.91. The third-order valence-electron chi connectivity index (χ3n) is 3.36. The summed E-state index contributed by atoms with van der Waals surface area (Å²) < 4.78 is 27.7. The fraction of sp³-hybridized carbons (Fsp3) is 0.462. The topological polar surface area (TPSA) is 41.1 Å². The number of hydrogen-bond donors (Lipinski definition) is 2. The summed E-state index contributed by atoms with van der Waals surface area (Å²) in [6, 6.07) is 2.17. The van der Waals surface area contributed by atoms with Crippen LogP contribution in [-0.2, 0) is 0 Å². The second kappa shape index (κ2) is 5.54. The molecule has 1 heterocycles. The standard InChI is InChI=1S/C13H15BrF2N2O/c1-13(2-4-17-5-3-13)18-12(19)11-9(15)6-8(14)7-10(11)16/h6-7,17H,2-5H2,1H3,(H,18,19). The van der Waals surface area contributed by atoms with Gasteiger partial charge in [0.05, 0.1) is 0 Å². The smallest absolute Gasteiger partial charge is 0.257 e. The Bertz CT molecular complexity index is 478. The summed E-state index contributed by atoms with van der Waals surface area (Å²) >= 11 is 2.99. The number of carbonyl (C=O) groups is 1. The van der Waals surface area contributed by atoms with Crippen molar-refractivity contribution in [1.29, 1.82) is 0 Å². The van der Waals surface area contributed by atoms with E-state index in [1.807, 2.05) is 6.92 Å². The van der Waals surface area contributed by atoms with Crippen LogP contribution in [0.4, 0.5) is 8.78 Å². The highest BCUT2D eigenvalue weighted by molar-refractivity contribution is 9.10. The molecular weight excluding hydrogens is 318 g/mol. The van der Waals surface area contributed by atoms with E-state index in [9.17, 15) is 13.6 Å². The molecule has 6 heteroatoms. The highest BCUT2D eigenvalue weighted by atomic mass is 79.9. The fourth-order valence-electron chi connectivity index (χ4n) is 2.20. The molecular formula is C13H15BrF2N2O. The molecule has 0 unspecified atom stereocenters. The average molecular weight is 333 g/mol. The third kappa shape index (κ3) is 3.30. The highest BCUT2D eigenvalue weighted by Crippen LogP contribution is 2.22. The van der Waals surface area contributed by atoms with E-state index in [1.165, 1.54) is 0 Å². The molecule has 104 valence electrons. The largest absolute Gasteiger partial charge is 0.347 e. The zero-order chi connectivity index (χ0) is 14.0. The maximum Gasteiger partial charge on any atom is 0.257 e. The quantitative estimate of drug-likeness (QED) is 0.874. The minimum atomic E-state index is -0.859. The van der Waals surface area contributed by atoms with Gasteiger partial charge in [0.25, 0.3) is 5.91 Å². The number of nitrogens with one attached hydrogen (secondary N) is 2. The van der Waals surface area contributed by atoms with E-state index in [2.05, 4.69) is 26.6 Å². The Morgan fingerprint density at radius 2 is 1.84 bits per heavy atom. The number of piperidine rings is 1. The number of hydrogen-bond acceptors (Lipinski definition) is 2. The number of rotatable bonds is 2. The average Bonchev–Trinajstić information content (AvgIpc) is 2.27. The zero-order valence-corrected chi connectivity index (χ0v) is 12.1. The van der Waals surface area contributed by atoms with E-state index in [4.69, 9.17) is 0 Å².